The average molecular weight is 626 g/mol. The minimum atomic E-state index is -0.527. The highest BCUT2D eigenvalue weighted by Gasteiger charge is 2.50. The van der Waals surface area contributed by atoms with Gasteiger partial charge >= 0.3 is 14.2 Å². The van der Waals surface area contributed by atoms with Crippen molar-refractivity contribution in [3.8, 4) is 11.1 Å². The van der Waals surface area contributed by atoms with Gasteiger partial charge in [-0.05, 0) is 45.3 Å². The van der Waals surface area contributed by atoms with Crippen molar-refractivity contribution in [2.75, 3.05) is 0 Å². The van der Waals surface area contributed by atoms with Gasteiger partial charge < -0.3 is 18.6 Å². The van der Waals surface area contributed by atoms with E-state index in [2.05, 4.69) is 146 Å². The molecule has 0 saturated carbocycles. The summed E-state index contributed by atoms with van der Waals surface area (Å²) in [5.74, 6) is -0.161. The van der Waals surface area contributed by atoms with E-state index in [9.17, 15) is 0 Å². The first-order chi connectivity index (χ1) is 23.8. The van der Waals surface area contributed by atoms with Crippen LogP contribution < -0.4 is 0 Å². The maximum Gasteiger partial charge on any atom is 0.465 e. The van der Waals surface area contributed by atoms with E-state index in [0.29, 0.717) is 6.32 Å². The molecule has 4 nitrogen and oxygen atoms in total. The van der Waals surface area contributed by atoms with Crippen LogP contribution in [0.25, 0.3) is 11.1 Å². The van der Waals surface area contributed by atoms with E-state index in [4.69, 9.17) is 18.6 Å². The van der Waals surface area contributed by atoms with Crippen LogP contribution in [0.5, 0.6) is 0 Å². The van der Waals surface area contributed by atoms with Crippen molar-refractivity contribution in [3.05, 3.63) is 204 Å². The minimum absolute atomic E-state index is 0.161. The quantitative estimate of drug-likeness (QED) is 0.150. The van der Waals surface area contributed by atoms with Crippen LogP contribution in [0.1, 0.15) is 58.1 Å². The van der Waals surface area contributed by atoms with E-state index < -0.39 is 14.2 Å². The van der Waals surface area contributed by atoms with E-state index in [1.54, 1.807) is 0 Å². The lowest BCUT2D eigenvalue weighted by atomic mass is 9.58. The van der Waals surface area contributed by atoms with E-state index in [-0.39, 0.29) is 30.2 Å². The van der Waals surface area contributed by atoms with Gasteiger partial charge in [0.1, 0.15) is 0 Å². The highest BCUT2D eigenvalue weighted by Crippen LogP contribution is 2.48. The fraction of sp³-hybridized carbons (Fsp3) is 0.143. The summed E-state index contributed by atoms with van der Waals surface area (Å²) < 4.78 is 27.5. The highest BCUT2D eigenvalue weighted by molar-refractivity contribution is 6.53. The lowest BCUT2D eigenvalue weighted by molar-refractivity contribution is 0.159. The summed E-state index contributed by atoms with van der Waals surface area (Å²) >= 11 is 0. The summed E-state index contributed by atoms with van der Waals surface area (Å²) in [7, 11) is -1.00. The number of benzene rings is 6. The van der Waals surface area contributed by atoms with Crippen LogP contribution in [-0.2, 0) is 18.6 Å². The fourth-order valence-corrected chi connectivity index (χ4v) is 7.02. The summed E-state index contributed by atoms with van der Waals surface area (Å²) in [6.07, 6.45) is -0.433. The molecule has 48 heavy (non-hydrogen) atoms. The Morgan fingerprint density at radius 1 is 0.375 bits per heavy atom. The normalized spacial score (nSPS) is 21.3. The first kappa shape index (κ1) is 30.6. The molecule has 0 unspecified atom stereocenters. The Balaban J connectivity index is 1.14. The fourth-order valence-electron chi connectivity index (χ4n) is 7.02. The molecule has 2 saturated heterocycles. The van der Waals surface area contributed by atoms with Crippen molar-refractivity contribution < 1.29 is 18.6 Å². The van der Waals surface area contributed by atoms with Gasteiger partial charge in [-0.25, -0.2) is 0 Å². The number of hydrogen-bond donors (Lipinski definition) is 0. The first-order valence-corrected chi connectivity index (χ1v) is 16.8. The SMILES string of the molecule is c1ccc(-c2ccc([C@H](CB3O[C@H](c4ccccc4)[C@@H](c4ccccc4)O3)B3O[C@H](c4ccccc4)[C@@H](c4ccccc4)O3)cc2)cc1. The lowest BCUT2D eigenvalue weighted by Crippen LogP contribution is -2.31. The zero-order chi connectivity index (χ0) is 32.1. The van der Waals surface area contributed by atoms with Crippen LogP contribution in [0.4, 0.5) is 0 Å². The van der Waals surface area contributed by atoms with Crippen LogP contribution >= 0.6 is 0 Å². The second-order valence-electron chi connectivity index (χ2n) is 12.5. The molecule has 6 heteroatoms. The van der Waals surface area contributed by atoms with Crippen molar-refractivity contribution in [2.45, 2.75) is 36.6 Å². The monoisotopic (exact) mass is 626 g/mol. The Kier molecular flexibility index (Phi) is 9.05. The molecule has 2 fully saturated rings. The van der Waals surface area contributed by atoms with Crippen molar-refractivity contribution in [1.82, 2.24) is 0 Å². The lowest BCUT2D eigenvalue weighted by Gasteiger charge is -2.21. The smallest absolute Gasteiger partial charge is 0.401 e. The molecule has 0 aromatic heterocycles. The summed E-state index contributed by atoms with van der Waals surface area (Å²) in [4.78, 5) is 0. The summed E-state index contributed by atoms with van der Waals surface area (Å²) in [5.41, 5.74) is 7.84. The van der Waals surface area contributed by atoms with Gasteiger partial charge in [0.05, 0.1) is 24.4 Å². The van der Waals surface area contributed by atoms with Gasteiger partial charge in [0, 0.05) is 5.82 Å². The molecule has 6 aromatic carbocycles. The number of rotatable bonds is 9. The van der Waals surface area contributed by atoms with E-state index in [1.165, 1.54) is 5.56 Å². The molecule has 0 radical (unpaired) electrons. The molecule has 0 amide bonds. The molecular weight excluding hydrogens is 590 g/mol. The van der Waals surface area contributed by atoms with E-state index in [0.717, 1.165) is 33.4 Å². The van der Waals surface area contributed by atoms with Crippen molar-refractivity contribution in [1.29, 1.82) is 0 Å². The van der Waals surface area contributed by atoms with Gasteiger partial charge in [-0.3, -0.25) is 0 Å². The third-order valence-corrected chi connectivity index (χ3v) is 9.44. The highest BCUT2D eigenvalue weighted by atomic mass is 16.7. The van der Waals surface area contributed by atoms with Gasteiger partial charge in [-0.1, -0.05) is 176 Å². The topological polar surface area (TPSA) is 36.9 Å². The summed E-state index contributed by atoms with van der Waals surface area (Å²) in [5, 5.41) is 0. The predicted octanol–water partition coefficient (Wildman–Crippen LogP) is 10.0. The molecule has 0 aliphatic carbocycles. The molecule has 2 aliphatic heterocycles. The van der Waals surface area contributed by atoms with Gasteiger partial charge in [-0.2, -0.15) is 0 Å². The van der Waals surface area contributed by atoms with Crippen LogP contribution in [-0.4, -0.2) is 14.2 Å². The van der Waals surface area contributed by atoms with Gasteiger partial charge in [-0.15, -0.1) is 0 Å². The second kappa shape index (κ2) is 14.2. The molecule has 2 heterocycles. The molecule has 0 bridgehead atoms. The largest absolute Gasteiger partial charge is 0.465 e. The molecule has 2 aliphatic rings. The second-order valence-corrected chi connectivity index (χ2v) is 12.5. The molecular formula is C42H36B2O4. The minimum Gasteiger partial charge on any atom is -0.401 e. The molecule has 0 N–H and O–H groups in total. The maximum atomic E-state index is 6.95. The van der Waals surface area contributed by atoms with Gasteiger partial charge in [0.2, 0.25) is 0 Å². The van der Waals surface area contributed by atoms with Crippen LogP contribution in [0.15, 0.2) is 176 Å². The Morgan fingerprint density at radius 2 is 0.708 bits per heavy atom. The molecule has 6 aromatic rings. The predicted molar refractivity (Wildman–Crippen MR) is 192 cm³/mol. The Bertz CT molecular complexity index is 1780. The first-order valence-electron chi connectivity index (χ1n) is 16.8. The van der Waals surface area contributed by atoms with Crippen molar-refractivity contribution >= 4 is 14.2 Å². The van der Waals surface area contributed by atoms with Crippen LogP contribution in [0.3, 0.4) is 0 Å². The zero-order valence-electron chi connectivity index (χ0n) is 26.6. The van der Waals surface area contributed by atoms with E-state index >= 15 is 0 Å². The Morgan fingerprint density at radius 3 is 1.10 bits per heavy atom. The molecule has 8 rings (SSSR count). The Labute approximate surface area is 283 Å². The summed E-state index contributed by atoms with van der Waals surface area (Å²) in [6, 6.07) is 60.7. The average Bonchev–Trinajstić information content (AvgIpc) is 3.81. The summed E-state index contributed by atoms with van der Waals surface area (Å²) in [6.45, 7) is 0. The third-order valence-electron chi connectivity index (χ3n) is 9.44. The van der Waals surface area contributed by atoms with Crippen molar-refractivity contribution in [2.24, 2.45) is 0 Å². The van der Waals surface area contributed by atoms with Crippen LogP contribution in [0.2, 0.25) is 6.32 Å². The molecule has 5 atom stereocenters. The van der Waals surface area contributed by atoms with E-state index in [1.807, 2.05) is 30.3 Å². The zero-order valence-corrected chi connectivity index (χ0v) is 26.6. The number of hydrogen-bond acceptors (Lipinski definition) is 4. The Hall–Kier alpha value is -4.71. The van der Waals surface area contributed by atoms with Gasteiger partial charge in [0.25, 0.3) is 0 Å². The molecule has 234 valence electrons. The standard InChI is InChI=1S/C42H36B2O4/c1-6-16-31(17-7-1)32-26-28-33(29-27-32)38(44-47-41(36-22-12-4-13-23-36)42(48-44)37-24-14-5-15-25-37)30-43-45-39(34-18-8-2-9-19-34)40(46-43)35-20-10-3-11-21-35/h1-29,38-42H,30H2/t38-,39+,40+,41+,42+/m0/s1. The third kappa shape index (κ3) is 6.53. The van der Waals surface area contributed by atoms with Gasteiger partial charge in [0.15, 0.2) is 0 Å². The maximum absolute atomic E-state index is 6.95. The molecule has 0 spiro atoms. The van der Waals surface area contributed by atoms with Crippen LogP contribution in [0, 0.1) is 0 Å². The van der Waals surface area contributed by atoms with Crippen molar-refractivity contribution in [3.63, 3.8) is 0 Å².